The number of halogens is 1. The molecule has 186 valence electrons. The summed E-state index contributed by atoms with van der Waals surface area (Å²) in [7, 11) is 3.89. The number of amides is 1. The zero-order valence-corrected chi connectivity index (χ0v) is 22.4. The molecule has 1 aliphatic heterocycles. The first-order valence-corrected chi connectivity index (χ1v) is 12.6. The third-order valence-electron chi connectivity index (χ3n) is 6.19. The lowest BCUT2D eigenvalue weighted by Gasteiger charge is -2.27. The number of para-hydroxylation sites is 2. The number of Topliss-reactive ketones (excluding diaryl/α,β-unsaturated/α-hetero) is 1. The Morgan fingerprint density at radius 3 is 2.39 bits per heavy atom. The van der Waals surface area contributed by atoms with Gasteiger partial charge < -0.3 is 14.7 Å². The van der Waals surface area contributed by atoms with Crippen LogP contribution in [0.4, 0.5) is 11.4 Å². The molecule has 1 heterocycles. The quantitative estimate of drug-likeness (QED) is 0.215. The molecule has 0 bridgehead atoms. The largest absolute Gasteiger partial charge is 0.507 e. The van der Waals surface area contributed by atoms with Gasteiger partial charge in [0.15, 0.2) is 0 Å². The van der Waals surface area contributed by atoms with Crippen molar-refractivity contribution in [3.63, 3.8) is 0 Å². The number of carbonyl (C=O) groups excluding carboxylic acids is 2. The molecule has 3 aromatic carbocycles. The zero-order chi connectivity index (χ0) is 26.0. The number of ether oxygens (including phenoxy) is 1. The third kappa shape index (κ3) is 4.75. The number of ketones is 1. The van der Waals surface area contributed by atoms with Crippen molar-refractivity contribution < 1.29 is 19.4 Å². The summed E-state index contributed by atoms with van der Waals surface area (Å²) in [6, 6.07) is 19.3. The lowest BCUT2D eigenvalue weighted by atomic mass is 9.94. The van der Waals surface area contributed by atoms with E-state index in [-0.39, 0.29) is 11.3 Å². The minimum atomic E-state index is -0.823. The van der Waals surface area contributed by atoms with E-state index >= 15 is 0 Å². The molecular formula is C29H29BrN2O4. The van der Waals surface area contributed by atoms with Gasteiger partial charge in [-0.25, -0.2) is 0 Å². The SMILES string of the molecule is CCCOc1ccccc1N1C(=O)C(=O)/C(=C(\O)c2ccc(Br)c(C)c2)C1c1ccc(N(C)C)cc1. The summed E-state index contributed by atoms with van der Waals surface area (Å²) in [4.78, 5) is 30.4. The molecular weight excluding hydrogens is 520 g/mol. The Hall–Kier alpha value is -3.58. The second-order valence-electron chi connectivity index (χ2n) is 8.94. The molecule has 1 N–H and O–H groups in total. The van der Waals surface area contributed by atoms with Crippen LogP contribution < -0.4 is 14.5 Å². The molecule has 0 aliphatic carbocycles. The van der Waals surface area contributed by atoms with E-state index in [1.165, 1.54) is 4.90 Å². The molecule has 1 fully saturated rings. The molecule has 0 radical (unpaired) electrons. The smallest absolute Gasteiger partial charge is 0.300 e. The molecule has 1 amide bonds. The van der Waals surface area contributed by atoms with Gasteiger partial charge in [0.25, 0.3) is 11.7 Å². The first-order valence-electron chi connectivity index (χ1n) is 11.8. The number of aryl methyl sites for hydroxylation is 1. The van der Waals surface area contributed by atoms with Crippen molar-refractivity contribution in [1.29, 1.82) is 0 Å². The molecule has 36 heavy (non-hydrogen) atoms. The Labute approximate surface area is 219 Å². The third-order valence-corrected chi connectivity index (χ3v) is 7.08. The molecule has 1 atom stereocenters. The van der Waals surface area contributed by atoms with Crippen LogP contribution in [0.25, 0.3) is 5.76 Å². The summed E-state index contributed by atoms with van der Waals surface area (Å²) < 4.78 is 6.82. The van der Waals surface area contributed by atoms with Gasteiger partial charge in [-0.15, -0.1) is 0 Å². The standard InChI is InChI=1S/C29H29BrN2O4/c1-5-16-36-24-9-7-6-8-23(24)32-26(19-10-13-21(14-11-19)31(3)4)25(28(34)29(32)35)27(33)20-12-15-22(30)18(2)17-20/h6-15,17,26,33H,5,16H2,1-4H3/b27-25-. The fourth-order valence-electron chi connectivity index (χ4n) is 4.29. The molecule has 3 aromatic rings. The maximum absolute atomic E-state index is 13.5. The van der Waals surface area contributed by atoms with Gasteiger partial charge >= 0.3 is 0 Å². The van der Waals surface area contributed by atoms with Gasteiger partial charge in [-0.1, -0.05) is 53.2 Å². The number of nitrogens with zero attached hydrogens (tertiary/aromatic N) is 2. The molecule has 6 nitrogen and oxygen atoms in total. The summed E-state index contributed by atoms with van der Waals surface area (Å²) >= 11 is 3.47. The second kappa shape index (κ2) is 10.6. The van der Waals surface area contributed by atoms with E-state index in [1.807, 2.05) is 69.2 Å². The molecule has 1 saturated heterocycles. The highest BCUT2D eigenvalue weighted by atomic mass is 79.9. The van der Waals surface area contributed by atoms with Crippen molar-refractivity contribution in [3.05, 3.63) is 93.5 Å². The summed E-state index contributed by atoms with van der Waals surface area (Å²) in [5.74, 6) is -1.14. The minimum absolute atomic E-state index is 0.0459. The Kier molecular flexibility index (Phi) is 7.50. The number of anilines is 2. The fourth-order valence-corrected chi connectivity index (χ4v) is 4.54. The van der Waals surface area contributed by atoms with Gasteiger partial charge in [-0.3, -0.25) is 14.5 Å². The molecule has 4 rings (SSSR count). The first kappa shape index (κ1) is 25.5. The average Bonchev–Trinajstić information content (AvgIpc) is 3.14. The van der Waals surface area contributed by atoms with Crippen LogP contribution in [0.5, 0.6) is 5.75 Å². The average molecular weight is 549 g/mol. The molecule has 0 saturated carbocycles. The Morgan fingerprint density at radius 2 is 1.75 bits per heavy atom. The number of carbonyl (C=O) groups is 2. The monoisotopic (exact) mass is 548 g/mol. The van der Waals surface area contributed by atoms with E-state index in [2.05, 4.69) is 15.9 Å². The fraction of sp³-hybridized carbons (Fsp3) is 0.241. The summed E-state index contributed by atoms with van der Waals surface area (Å²) in [5, 5.41) is 11.4. The van der Waals surface area contributed by atoms with Crippen LogP contribution >= 0.6 is 15.9 Å². The molecule has 1 aliphatic rings. The number of aliphatic hydroxyl groups excluding tert-OH is 1. The second-order valence-corrected chi connectivity index (χ2v) is 9.79. The highest BCUT2D eigenvalue weighted by molar-refractivity contribution is 9.10. The van der Waals surface area contributed by atoms with Crippen molar-refractivity contribution in [2.45, 2.75) is 26.3 Å². The Balaban J connectivity index is 1.94. The van der Waals surface area contributed by atoms with Crippen LogP contribution in [0, 0.1) is 6.92 Å². The topological polar surface area (TPSA) is 70.1 Å². The van der Waals surface area contributed by atoms with Crippen LogP contribution in [0.3, 0.4) is 0 Å². The van der Waals surface area contributed by atoms with Gasteiger partial charge in [-0.2, -0.15) is 0 Å². The van der Waals surface area contributed by atoms with Crippen molar-refractivity contribution in [2.24, 2.45) is 0 Å². The van der Waals surface area contributed by atoms with Gasteiger partial charge in [0.1, 0.15) is 11.5 Å². The van der Waals surface area contributed by atoms with Crippen LogP contribution in [0.15, 0.2) is 76.8 Å². The van der Waals surface area contributed by atoms with Gasteiger partial charge in [0.05, 0.1) is 23.9 Å². The van der Waals surface area contributed by atoms with Crippen LogP contribution in [0.2, 0.25) is 0 Å². The van der Waals surface area contributed by atoms with Crippen LogP contribution in [-0.2, 0) is 9.59 Å². The van der Waals surface area contributed by atoms with E-state index in [1.54, 1.807) is 30.3 Å². The van der Waals surface area contributed by atoms with Gasteiger partial charge in [-0.05, 0) is 60.9 Å². The maximum Gasteiger partial charge on any atom is 0.300 e. The highest BCUT2D eigenvalue weighted by Crippen LogP contribution is 2.45. The predicted molar refractivity (Wildman–Crippen MR) is 147 cm³/mol. The molecule has 1 unspecified atom stereocenters. The number of hydrogen-bond donors (Lipinski definition) is 1. The minimum Gasteiger partial charge on any atom is -0.507 e. The predicted octanol–water partition coefficient (Wildman–Crippen LogP) is 6.24. The zero-order valence-electron chi connectivity index (χ0n) is 20.8. The normalized spacial score (nSPS) is 16.9. The molecule has 7 heteroatoms. The van der Waals surface area contributed by atoms with Crippen molar-refractivity contribution in [1.82, 2.24) is 0 Å². The summed E-state index contributed by atoms with van der Waals surface area (Å²) in [5.41, 5.74) is 3.59. The maximum atomic E-state index is 13.5. The lowest BCUT2D eigenvalue weighted by molar-refractivity contribution is -0.132. The Bertz CT molecular complexity index is 1330. The van der Waals surface area contributed by atoms with Crippen LogP contribution in [0.1, 0.15) is 36.1 Å². The molecule has 0 spiro atoms. The van der Waals surface area contributed by atoms with E-state index < -0.39 is 17.7 Å². The number of aliphatic hydroxyl groups is 1. The van der Waals surface area contributed by atoms with Crippen molar-refractivity contribution >= 4 is 44.8 Å². The van der Waals surface area contributed by atoms with E-state index in [0.29, 0.717) is 29.2 Å². The van der Waals surface area contributed by atoms with Crippen molar-refractivity contribution in [2.75, 3.05) is 30.5 Å². The number of rotatable bonds is 7. The summed E-state index contributed by atoms with van der Waals surface area (Å²) in [6.45, 7) is 4.38. The van der Waals surface area contributed by atoms with E-state index in [0.717, 1.165) is 22.1 Å². The van der Waals surface area contributed by atoms with Gasteiger partial charge in [0.2, 0.25) is 0 Å². The van der Waals surface area contributed by atoms with Gasteiger partial charge in [0, 0.05) is 29.8 Å². The van der Waals surface area contributed by atoms with E-state index in [9.17, 15) is 14.7 Å². The molecule has 0 aromatic heterocycles. The summed E-state index contributed by atoms with van der Waals surface area (Å²) in [6.07, 6.45) is 0.797. The first-order chi connectivity index (χ1) is 17.2. The number of benzene rings is 3. The Morgan fingerprint density at radius 1 is 1.06 bits per heavy atom. The highest BCUT2D eigenvalue weighted by Gasteiger charge is 2.47. The van der Waals surface area contributed by atoms with Crippen LogP contribution in [-0.4, -0.2) is 37.5 Å². The lowest BCUT2D eigenvalue weighted by Crippen LogP contribution is -2.30. The number of hydrogen-bond acceptors (Lipinski definition) is 5. The van der Waals surface area contributed by atoms with E-state index in [4.69, 9.17) is 4.74 Å². The van der Waals surface area contributed by atoms with Crippen molar-refractivity contribution in [3.8, 4) is 5.75 Å².